The number of rotatable bonds is 4. The molecule has 0 heterocycles. The van der Waals surface area contributed by atoms with Gasteiger partial charge in [0.05, 0.1) is 0 Å². The Hall–Kier alpha value is -0.120. The highest BCUT2D eigenvalue weighted by Gasteiger charge is 2.07. The molecule has 76 valence electrons. The standard InChI is InChI=1S/C11H13Br2N/c1-8(12)7-14-9(2)10-5-3-4-6-11(10)13/h3-6,9,14H,1,7H2,2H3/t9-/m1/s1. The molecule has 1 aromatic rings. The van der Waals surface area contributed by atoms with Crippen molar-refractivity contribution >= 4 is 31.9 Å². The molecule has 0 fully saturated rings. The molecule has 0 bridgehead atoms. The van der Waals surface area contributed by atoms with E-state index in [9.17, 15) is 0 Å². The molecule has 0 aromatic heterocycles. The predicted molar refractivity (Wildman–Crippen MR) is 68.6 cm³/mol. The molecule has 0 amide bonds. The molecule has 1 aromatic carbocycles. The van der Waals surface area contributed by atoms with Crippen molar-refractivity contribution in [3.8, 4) is 0 Å². The lowest BCUT2D eigenvalue weighted by molar-refractivity contribution is 0.613. The second-order valence-corrected chi connectivity index (χ2v) is 5.12. The van der Waals surface area contributed by atoms with Gasteiger partial charge in [-0.3, -0.25) is 0 Å². The minimum absolute atomic E-state index is 0.319. The molecule has 1 rings (SSSR count). The topological polar surface area (TPSA) is 12.0 Å². The van der Waals surface area contributed by atoms with E-state index in [1.807, 2.05) is 12.1 Å². The van der Waals surface area contributed by atoms with Crippen LogP contribution in [0, 0.1) is 0 Å². The third kappa shape index (κ3) is 3.56. The van der Waals surface area contributed by atoms with Gasteiger partial charge in [-0.25, -0.2) is 0 Å². The summed E-state index contributed by atoms with van der Waals surface area (Å²) in [5, 5.41) is 3.36. The zero-order valence-electron chi connectivity index (χ0n) is 8.06. The Morgan fingerprint density at radius 3 is 2.71 bits per heavy atom. The van der Waals surface area contributed by atoms with Gasteiger partial charge in [0, 0.05) is 21.5 Å². The van der Waals surface area contributed by atoms with E-state index in [1.165, 1.54) is 5.56 Å². The van der Waals surface area contributed by atoms with Crippen LogP contribution in [-0.4, -0.2) is 6.54 Å². The summed E-state index contributed by atoms with van der Waals surface area (Å²) >= 11 is 6.86. The fourth-order valence-electron chi connectivity index (χ4n) is 1.20. The first-order chi connectivity index (χ1) is 6.61. The van der Waals surface area contributed by atoms with Crippen molar-refractivity contribution in [1.29, 1.82) is 0 Å². The molecule has 1 atom stereocenters. The van der Waals surface area contributed by atoms with Gasteiger partial charge < -0.3 is 5.32 Å². The molecule has 14 heavy (non-hydrogen) atoms. The zero-order valence-corrected chi connectivity index (χ0v) is 11.2. The smallest absolute Gasteiger partial charge is 0.0306 e. The van der Waals surface area contributed by atoms with Gasteiger partial charge >= 0.3 is 0 Å². The first-order valence-electron chi connectivity index (χ1n) is 4.42. The third-order valence-electron chi connectivity index (χ3n) is 1.97. The lowest BCUT2D eigenvalue weighted by Crippen LogP contribution is -2.19. The fourth-order valence-corrected chi connectivity index (χ4v) is 1.99. The molecule has 0 saturated heterocycles. The van der Waals surface area contributed by atoms with Crippen LogP contribution >= 0.6 is 31.9 Å². The van der Waals surface area contributed by atoms with E-state index in [0.717, 1.165) is 15.5 Å². The van der Waals surface area contributed by atoms with Crippen LogP contribution in [0.1, 0.15) is 18.5 Å². The number of nitrogens with one attached hydrogen (secondary N) is 1. The number of halogens is 2. The van der Waals surface area contributed by atoms with Crippen LogP contribution in [0.4, 0.5) is 0 Å². The van der Waals surface area contributed by atoms with E-state index < -0.39 is 0 Å². The quantitative estimate of drug-likeness (QED) is 0.884. The summed E-state index contributed by atoms with van der Waals surface area (Å²) in [6, 6.07) is 8.54. The second kappa shape index (κ2) is 5.69. The van der Waals surface area contributed by atoms with E-state index in [-0.39, 0.29) is 0 Å². The molecular formula is C11H13Br2N. The van der Waals surface area contributed by atoms with E-state index >= 15 is 0 Å². The Morgan fingerprint density at radius 2 is 2.14 bits per heavy atom. The summed E-state index contributed by atoms with van der Waals surface area (Å²) in [4.78, 5) is 0. The lowest BCUT2D eigenvalue weighted by Gasteiger charge is -2.15. The molecule has 0 aliphatic carbocycles. The monoisotopic (exact) mass is 317 g/mol. The maximum absolute atomic E-state index is 3.79. The third-order valence-corrected chi connectivity index (χ3v) is 2.97. The number of hydrogen-bond donors (Lipinski definition) is 1. The molecule has 1 N–H and O–H groups in total. The van der Waals surface area contributed by atoms with Crippen LogP contribution in [0.2, 0.25) is 0 Å². The van der Waals surface area contributed by atoms with Crippen LogP contribution in [0.3, 0.4) is 0 Å². The number of hydrogen-bond acceptors (Lipinski definition) is 1. The molecule has 0 saturated carbocycles. The van der Waals surface area contributed by atoms with Crippen molar-refractivity contribution < 1.29 is 0 Å². The van der Waals surface area contributed by atoms with Crippen LogP contribution < -0.4 is 5.32 Å². The highest BCUT2D eigenvalue weighted by molar-refractivity contribution is 9.11. The van der Waals surface area contributed by atoms with E-state index in [2.05, 4.69) is 62.8 Å². The van der Waals surface area contributed by atoms with Crippen LogP contribution in [0.15, 0.2) is 39.8 Å². The van der Waals surface area contributed by atoms with Crippen molar-refractivity contribution in [3.63, 3.8) is 0 Å². The van der Waals surface area contributed by atoms with E-state index in [4.69, 9.17) is 0 Å². The second-order valence-electron chi connectivity index (χ2n) is 3.14. The molecule has 0 aliphatic rings. The molecule has 0 aliphatic heterocycles. The summed E-state index contributed by atoms with van der Waals surface area (Å²) < 4.78 is 2.11. The largest absolute Gasteiger partial charge is 0.306 e. The van der Waals surface area contributed by atoms with Crippen LogP contribution in [0.25, 0.3) is 0 Å². The van der Waals surface area contributed by atoms with Crippen molar-refractivity contribution in [2.45, 2.75) is 13.0 Å². The van der Waals surface area contributed by atoms with Gasteiger partial charge in [-0.15, -0.1) is 0 Å². The summed E-state index contributed by atoms with van der Waals surface area (Å²) in [5.74, 6) is 0. The van der Waals surface area contributed by atoms with Crippen LogP contribution in [-0.2, 0) is 0 Å². The highest BCUT2D eigenvalue weighted by atomic mass is 79.9. The van der Waals surface area contributed by atoms with Crippen molar-refractivity contribution in [3.05, 3.63) is 45.4 Å². The van der Waals surface area contributed by atoms with Crippen LogP contribution in [0.5, 0.6) is 0 Å². The summed E-state index contributed by atoms with van der Waals surface area (Å²) in [6.45, 7) is 6.70. The van der Waals surface area contributed by atoms with Crippen molar-refractivity contribution in [1.82, 2.24) is 5.32 Å². The first-order valence-corrected chi connectivity index (χ1v) is 6.01. The molecule has 0 radical (unpaired) electrons. The molecule has 1 nitrogen and oxygen atoms in total. The van der Waals surface area contributed by atoms with Gasteiger partial charge in [0.15, 0.2) is 0 Å². The van der Waals surface area contributed by atoms with E-state index in [1.54, 1.807) is 0 Å². The van der Waals surface area contributed by atoms with Gasteiger partial charge in [0.2, 0.25) is 0 Å². The van der Waals surface area contributed by atoms with E-state index in [0.29, 0.717) is 6.04 Å². The fraction of sp³-hybridized carbons (Fsp3) is 0.273. The van der Waals surface area contributed by atoms with Gasteiger partial charge in [0.1, 0.15) is 0 Å². The normalized spacial score (nSPS) is 12.5. The minimum atomic E-state index is 0.319. The predicted octanol–water partition coefficient (Wildman–Crippen LogP) is 4.01. The Bertz CT molecular complexity index is 323. The van der Waals surface area contributed by atoms with Gasteiger partial charge in [0.25, 0.3) is 0 Å². The SMILES string of the molecule is C=C(Br)CN[C@H](C)c1ccccc1Br. The highest BCUT2D eigenvalue weighted by Crippen LogP contribution is 2.22. The zero-order chi connectivity index (χ0) is 10.6. The average molecular weight is 319 g/mol. The van der Waals surface area contributed by atoms with Gasteiger partial charge in [-0.2, -0.15) is 0 Å². The summed E-state index contributed by atoms with van der Waals surface area (Å²) in [7, 11) is 0. The Balaban J connectivity index is 2.65. The average Bonchev–Trinajstić information content (AvgIpc) is 2.15. The Morgan fingerprint density at radius 1 is 1.50 bits per heavy atom. The minimum Gasteiger partial charge on any atom is -0.306 e. The molecule has 3 heteroatoms. The van der Waals surface area contributed by atoms with Crippen molar-refractivity contribution in [2.24, 2.45) is 0 Å². The lowest BCUT2D eigenvalue weighted by atomic mass is 10.1. The summed E-state index contributed by atoms with van der Waals surface area (Å²) in [5.41, 5.74) is 1.27. The molecular weight excluding hydrogens is 306 g/mol. The summed E-state index contributed by atoms with van der Waals surface area (Å²) in [6.07, 6.45) is 0. The Labute approximate surface area is 102 Å². The molecule has 0 spiro atoms. The Kier molecular flexibility index (Phi) is 4.85. The maximum Gasteiger partial charge on any atom is 0.0306 e. The maximum atomic E-state index is 3.79. The van der Waals surface area contributed by atoms with Crippen molar-refractivity contribution in [2.75, 3.05) is 6.54 Å². The first kappa shape index (κ1) is 12.0. The van der Waals surface area contributed by atoms with Gasteiger partial charge in [-0.05, 0) is 18.6 Å². The molecule has 0 unspecified atom stereocenters. The number of benzene rings is 1. The van der Waals surface area contributed by atoms with Gasteiger partial charge in [-0.1, -0.05) is 56.6 Å².